The molecule has 0 spiro atoms. The zero-order valence-corrected chi connectivity index (χ0v) is 26.7. The van der Waals surface area contributed by atoms with Crippen LogP contribution in [0.25, 0.3) is 77.2 Å². The normalized spacial score (nSPS) is 11.1. The van der Waals surface area contributed by atoms with Gasteiger partial charge in [-0.05, 0) is 66.2 Å². The predicted molar refractivity (Wildman–Crippen MR) is 200 cm³/mol. The fraction of sp³-hybridized carbons (Fsp3) is 0. The Balaban J connectivity index is 1.20. The van der Waals surface area contributed by atoms with Crippen molar-refractivity contribution in [2.24, 2.45) is 0 Å². The van der Waals surface area contributed by atoms with E-state index in [2.05, 4.69) is 94.1 Å². The van der Waals surface area contributed by atoms with Crippen LogP contribution in [0.1, 0.15) is 16.7 Å². The van der Waals surface area contributed by atoms with Gasteiger partial charge in [-0.15, -0.1) is 0 Å². The van der Waals surface area contributed by atoms with Crippen LogP contribution >= 0.6 is 0 Å². The van der Waals surface area contributed by atoms with Crippen molar-refractivity contribution in [2.75, 3.05) is 0 Å². The molecule has 0 amide bonds. The molecule has 0 atom stereocenters. The van der Waals surface area contributed by atoms with Crippen LogP contribution in [-0.4, -0.2) is 9.13 Å². The molecule has 0 aliphatic heterocycles. The first-order valence-electron chi connectivity index (χ1n) is 16.3. The molecular formula is C45H25N5. The Bertz CT molecular complexity index is 2960. The summed E-state index contributed by atoms with van der Waals surface area (Å²) in [5.41, 5.74) is 11.4. The van der Waals surface area contributed by atoms with Gasteiger partial charge in [0.25, 0.3) is 0 Å². The third-order valence-electron chi connectivity index (χ3n) is 9.67. The molecule has 2 heterocycles. The van der Waals surface area contributed by atoms with Crippen LogP contribution < -0.4 is 0 Å². The van der Waals surface area contributed by atoms with Gasteiger partial charge >= 0.3 is 0 Å². The highest BCUT2D eigenvalue weighted by atomic mass is 15.0. The summed E-state index contributed by atoms with van der Waals surface area (Å²) in [5, 5.41) is 34.3. The molecule has 9 rings (SSSR count). The van der Waals surface area contributed by atoms with Gasteiger partial charge in [0.1, 0.15) is 6.07 Å². The van der Waals surface area contributed by atoms with Gasteiger partial charge in [-0.25, -0.2) is 0 Å². The van der Waals surface area contributed by atoms with Crippen molar-refractivity contribution < 1.29 is 0 Å². The van der Waals surface area contributed by atoms with Gasteiger partial charge in [-0.1, -0.05) is 91.0 Å². The minimum atomic E-state index is 0.590. The number of fused-ring (bicyclic) bond motifs is 6. The van der Waals surface area contributed by atoms with Crippen molar-refractivity contribution in [3.8, 4) is 51.8 Å². The summed E-state index contributed by atoms with van der Waals surface area (Å²) in [6.45, 7) is 0. The second-order valence-corrected chi connectivity index (χ2v) is 12.3. The average molecular weight is 636 g/mol. The van der Waals surface area contributed by atoms with Crippen molar-refractivity contribution in [2.45, 2.75) is 0 Å². The minimum Gasteiger partial charge on any atom is -0.309 e. The van der Waals surface area contributed by atoms with Gasteiger partial charge < -0.3 is 9.13 Å². The molecule has 0 N–H and O–H groups in total. The van der Waals surface area contributed by atoms with Crippen molar-refractivity contribution in [1.29, 1.82) is 15.8 Å². The molecule has 2 aromatic heterocycles. The second-order valence-electron chi connectivity index (χ2n) is 12.3. The van der Waals surface area contributed by atoms with E-state index in [1.54, 1.807) is 0 Å². The summed E-state index contributed by atoms with van der Waals surface area (Å²) in [7, 11) is 0. The molecule has 5 heteroatoms. The Labute approximate surface area is 287 Å². The van der Waals surface area contributed by atoms with E-state index in [0.717, 1.165) is 77.2 Å². The molecule has 9 aromatic rings. The maximum absolute atomic E-state index is 10.7. The third-order valence-corrected chi connectivity index (χ3v) is 9.67. The van der Waals surface area contributed by atoms with E-state index < -0.39 is 0 Å². The van der Waals surface area contributed by atoms with E-state index in [1.165, 1.54) is 0 Å². The highest BCUT2D eigenvalue weighted by Crippen LogP contribution is 2.40. The van der Waals surface area contributed by atoms with Crippen LogP contribution in [0.5, 0.6) is 0 Å². The predicted octanol–water partition coefficient (Wildman–Crippen LogP) is 10.8. The fourth-order valence-electron chi connectivity index (χ4n) is 7.52. The highest BCUT2D eigenvalue weighted by molar-refractivity contribution is 6.12. The number of para-hydroxylation sites is 3. The zero-order chi connectivity index (χ0) is 33.8. The molecule has 0 saturated heterocycles. The number of hydrogen-bond donors (Lipinski definition) is 0. The maximum atomic E-state index is 10.7. The smallest absolute Gasteiger partial charge is 0.100 e. The van der Waals surface area contributed by atoms with Gasteiger partial charge in [0.05, 0.1) is 56.6 Å². The van der Waals surface area contributed by atoms with Crippen LogP contribution in [-0.2, 0) is 0 Å². The highest BCUT2D eigenvalue weighted by Gasteiger charge is 2.20. The lowest BCUT2D eigenvalue weighted by atomic mass is 9.91. The first kappa shape index (κ1) is 28.8. The van der Waals surface area contributed by atoms with Crippen LogP contribution in [0.2, 0.25) is 0 Å². The molecule has 5 nitrogen and oxygen atoms in total. The standard InChI is InChI=1S/C45H25N5/c46-26-29-19-24-43-38(25-29)36-11-2-4-15-40(36)49(43)32-22-20-30(21-23-32)33-13-8-14-34(39(33)28-48)35-10-1-5-16-41(35)50-42-17-6-3-12-37(42)45-31(27-47)9-7-18-44(45)50/h1-25H. The summed E-state index contributed by atoms with van der Waals surface area (Å²) in [6.07, 6.45) is 0. The first-order chi connectivity index (χ1) is 24.7. The summed E-state index contributed by atoms with van der Waals surface area (Å²) >= 11 is 0. The molecule has 0 radical (unpaired) electrons. The molecule has 0 fully saturated rings. The van der Waals surface area contributed by atoms with Crippen LogP contribution in [0.15, 0.2) is 152 Å². The monoisotopic (exact) mass is 635 g/mol. The fourth-order valence-corrected chi connectivity index (χ4v) is 7.52. The Kier molecular flexibility index (Phi) is 6.56. The van der Waals surface area contributed by atoms with Crippen molar-refractivity contribution in [3.63, 3.8) is 0 Å². The topological polar surface area (TPSA) is 81.2 Å². The molecule has 0 saturated carbocycles. The minimum absolute atomic E-state index is 0.590. The molecule has 230 valence electrons. The number of benzene rings is 7. The molecule has 0 aliphatic carbocycles. The van der Waals surface area contributed by atoms with E-state index in [4.69, 9.17) is 0 Å². The number of nitriles is 3. The number of aromatic nitrogens is 2. The third kappa shape index (κ3) is 4.24. The van der Waals surface area contributed by atoms with E-state index in [9.17, 15) is 15.8 Å². The van der Waals surface area contributed by atoms with Gasteiger partial charge in [0.2, 0.25) is 0 Å². The van der Waals surface area contributed by atoms with Crippen LogP contribution in [0.3, 0.4) is 0 Å². The van der Waals surface area contributed by atoms with E-state index in [0.29, 0.717) is 16.7 Å². The van der Waals surface area contributed by atoms with E-state index in [-0.39, 0.29) is 0 Å². The van der Waals surface area contributed by atoms with Gasteiger partial charge in [-0.2, -0.15) is 15.8 Å². The summed E-state index contributed by atoms with van der Waals surface area (Å²) in [6, 6.07) is 57.7. The zero-order valence-electron chi connectivity index (χ0n) is 26.7. The van der Waals surface area contributed by atoms with Crippen molar-refractivity contribution in [3.05, 3.63) is 168 Å². The quantitative estimate of drug-likeness (QED) is 0.193. The first-order valence-corrected chi connectivity index (χ1v) is 16.3. The Morgan fingerprint density at radius 3 is 1.84 bits per heavy atom. The maximum Gasteiger partial charge on any atom is 0.100 e. The number of rotatable bonds is 4. The lowest BCUT2D eigenvalue weighted by Crippen LogP contribution is -1.99. The van der Waals surface area contributed by atoms with E-state index >= 15 is 0 Å². The molecule has 7 aromatic carbocycles. The van der Waals surface area contributed by atoms with Crippen molar-refractivity contribution in [1.82, 2.24) is 9.13 Å². The van der Waals surface area contributed by atoms with Crippen LogP contribution in [0.4, 0.5) is 0 Å². The SMILES string of the molecule is N#Cc1ccc2c(c1)c1ccccc1n2-c1ccc(-c2cccc(-c3ccccc3-n3c4ccccc4c4c(C#N)cccc43)c2C#N)cc1. The lowest BCUT2D eigenvalue weighted by Gasteiger charge is -2.17. The summed E-state index contributed by atoms with van der Waals surface area (Å²) in [5.74, 6) is 0. The van der Waals surface area contributed by atoms with Crippen molar-refractivity contribution >= 4 is 43.6 Å². The Morgan fingerprint density at radius 2 is 1.06 bits per heavy atom. The molecule has 0 aliphatic rings. The Hall–Kier alpha value is -7.39. The second kappa shape index (κ2) is 11.4. The molecule has 0 unspecified atom stereocenters. The van der Waals surface area contributed by atoms with Gasteiger partial charge in [-0.3, -0.25) is 0 Å². The summed E-state index contributed by atoms with van der Waals surface area (Å²) in [4.78, 5) is 0. The van der Waals surface area contributed by atoms with Crippen LogP contribution in [0, 0.1) is 34.0 Å². The summed E-state index contributed by atoms with van der Waals surface area (Å²) < 4.78 is 4.42. The molecular weight excluding hydrogens is 611 g/mol. The largest absolute Gasteiger partial charge is 0.309 e. The van der Waals surface area contributed by atoms with Gasteiger partial charge in [0.15, 0.2) is 0 Å². The van der Waals surface area contributed by atoms with E-state index in [1.807, 2.05) is 84.9 Å². The number of hydrogen-bond acceptors (Lipinski definition) is 3. The number of nitrogens with zero attached hydrogens (tertiary/aromatic N) is 5. The van der Waals surface area contributed by atoms with Gasteiger partial charge in [0, 0.05) is 43.9 Å². The molecule has 0 bridgehead atoms. The average Bonchev–Trinajstić information content (AvgIpc) is 3.70. The Morgan fingerprint density at radius 1 is 0.420 bits per heavy atom. The lowest BCUT2D eigenvalue weighted by molar-refractivity contribution is 1.18. The molecule has 50 heavy (non-hydrogen) atoms.